The number of aliphatic carboxylic acids is 1. The summed E-state index contributed by atoms with van der Waals surface area (Å²) in [6, 6.07) is 8.34. The Balaban J connectivity index is 2.79. The number of nitrogens with one attached hydrogen (secondary N) is 1. The average molecular weight is 310 g/mol. The molecule has 0 aliphatic heterocycles. The summed E-state index contributed by atoms with van der Waals surface area (Å²) in [5.74, 6) is -2.35. The van der Waals surface area contributed by atoms with Gasteiger partial charge < -0.3 is 5.11 Å². The molecule has 0 bridgehead atoms. The Labute approximate surface area is 124 Å². The summed E-state index contributed by atoms with van der Waals surface area (Å²) in [6.45, 7) is 3.28. The largest absolute Gasteiger partial charge is 0.481 e. The highest BCUT2D eigenvalue weighted by Crippen LogP contribution is 2.13. The molecule has 7 heteroatoms. The van der Waals surface area contributed by atoms with Crippen molar-refractivity contribution in [3.8, 4) is 6.07 Å². The zero-order chi connectivity index (χ0) is 16.0. The lowest BCUT2D eigenvalue weighted by Gasteiger charge is -2.17. The second-order valence-electron chi connectivity index (χ2n) is 5.07. The summed E-state index contributed by atoms with van der Waals surface area (Å²) in [7, 11) is -3.69. The molecule has 1 aromatic rings. The van der Waals surface area contributed by atoms with Crippen LogP contribution >= 0.6 is 0 Å². The first-order valence-corrected chi connectivity index (χ1v) is 8.10. The molecule has 0 heterocycles. The molecule has 0 aromatic heterocycles. The number of benzene rings is 1. The summed E-state index contributed by atoms with van der Waals surface area (Å²) in [6.07, 6.45) is 0. The second-order valence-corrected chi connectivity index (χ2v) is 6.87. The summed E-state index contributed by atoms with van der Waals surface area (Å²) in [5, 5.41) is 18.0. The van der Waals surface area contributed by atoms with Gasteiger partial charge in [0.15, 0.2) is 0 Å². The standard InChI is InChI=1S/C14H18N2O4S/c1-10(2)13(14(17)18)8-16-21(19,20)9-12-6-4-3-5-11(12)7-15/h3-6,10,13,16H,8-9H2,1-2H3,(H,17,18). The molecule has 0 radical (unpaired) electrons. The van der Waals surface area contributed by atoms with Gasteiger partial charge in [0.25, 0.3) is 0 Å². The molecule has 1 aromatic carbocycles. The normalized spacial score (nSPS) is 12.9. The fourth-order valence-corrected chi connectivity index (χ4v) is 3.03. The molecule has 21 heavy (non-hydrogen) atoms. The number of nitriles is 1. The highest BCUT2D eigenvalue weighted by Gasteiger charge is 2.24. The summed E-state index contributed by atoms with van der Waals surface area (Å²) in [4.78, 5) is 11.0. The third-order valence-electron chi connectivity index (χ3n) is 3.13. The van der Waals surface area contributed by atoms with Gasteiger partial charge in [-0.1, -0.05) is 32.0 Å². The molecule has 0 spiro atoms. The van der Waals surface area contributed by atoms with E-state index in [1.165, 1.54) is 0 Å². The van der Waals surface area contributed by atoms with Crippen molar-refractivity contribution in [3.63, 3.8) is 0 Å². The van der Waals surface area contributed by atoms with E-state index in [1.807, 2.05) is 6.07 Å². The second kappa shape index (κ2) is 7.20. The summed E-state index contributed by atoms with van der Waals surface area (Å²) in [5.41, 5.74) is 0.686. The van der Waals surface area contributed by atoms with Crippen LogP contribution in [0.15, 0.2) is 24.3 Å². The number of hydrogen-bond donors (Lipinski definition) is 2. The molecule has 0 aliphatic carbocycles. The number of carbonyl (C=O) groups is 1. The monoisotopic (exact) mass is 310 g/mol. The Bertz CT molecular complexity index is 647. The highest BCUT2D eigenvalue weighted by atomic mass is 32.2. The molecule has 114 valence electrons. The van der Waals surface area contributed by atoms with Gasteiger partial charge in [-0.15, -0.1) is 0 Å². The van der Waals surface area contributed by atoms with Gasteiger partial charge in [-0.25, -0.2) is 13.1 Å². The lowest BCUT2D eigenvalue weighted by Crippen LogP contribution is -2.36. The van der Waals surface area contributed by atoms with Crippen LogP contribution in [0, 0.1) is 23.2 Å². The molecule has 0 saturated carbocycles. The van der Waals surface area contributed by atoms with Gasteiger partial charge in [-0.05, 0) is 17.5 Å². The molecule has 0 fully saturated rings. The number of carboxylic acids is 1. The highest BCUT2D eigenvalue weighted by molar-refractivity contribution is 7.88. The van der Waals surface area contributed by atoms with Gasteiger partial charge in [-0.3, -0.25) is 4.79 Å². The van der Waals surface area contributed by atoms with Crippen LogP contribution in [0.25, 0.3) is 0 Å². The van der Waals surface area contributed by atoms with E-state index in [0.717, 1.165) is 0 Å². The average Bonchev–Trinajstić information content (AvgIpc) is 2.38. The smallest absolute Gasteiger partial charge is 0.308 e. The Morgan fingerprint density at radius 3 is 2.52 bits per heavy atom. The van der Waals surface area contributed by atoms with Crippen molar-refractivity contribution >= 4 is 16.0 Å². The quantitative estimate of drug-likeness (QED) is 0.790. The Kier molecular flexibility index (Phi) is 5.88. The maximum Gasteiger partial charge on any atom is 0.308 e. The number of carboxylic acid groups (broad SMARTS) is 1. The van der Waals surface area contributed by atoms with Crippen molar-refractivity contribution in [2.75, 3.05) is 6.54 Å². The van der Waals surface area contributed by atoms with E-state index in [2.05, 4.69) is 4.72 Å². The topological polar surface area (TPSA) is 107 Å². The van der Waals surface area contributed by atoms with Gasteiger partial charge in [0, 0.05) is 6.54 Å². The van der Waals surface area contributed by atoms with Gasteiger partial charge in [-0.2, -0.15) is 5.26 Å². The SMILES string of the molecule is CC(C)C(CNS(=O)(=O)Cc1ccccc1C#N)C(=O)O. The van der Waals surface area contributed by atoms with Crippen molar-refractivity contribution < 1.29 is 18.3 Å². The molecule has 1 rings (SSSR count). The van der Waals surface area contributed by atoms with E-state index in [-0.39, 0.29) is 18.2 Å². The molecular formula is C14H18N2O4S. The van der Waals surface area contributed by atoms with Gasteiger partial charge in [0.1, 0.15) is 0 Å². The van der Waals surface area contributed by atoms with Gasteiger partial charge in [0.2, 0.25) is 10.0 Å². The van der Waals surface area contributed by atoms with Crippen LogP contribution in [0.1, 0.15) is 25.0 Å². The van der Waals surface area contributed by atoms with E-state index >= 15 is 0 Å². The molecule has 0 aliphatic rings. The number of sulfonamides is 1. The van der Waals surface area contributed by atoms with Crippen LogP contribution < -0.4 is 4.72 Å². The van der Waals surface area contributed by atoms with Crippen LogP contribution in [0.5, 0.6) is 0 Å². The van der Waals surface area contributed by atoms with Crippen LogP contribution in [0.4, 0.5) is 0 Å². The molecule has 0 saturated heterocycles. The fraction of sp³-hybridized carbons (Fsp3) is 0.429. The van der Waals surface area contributed by atoms with Crippen molar-refractivity contribution in [1.82, 2.24) is 4.72 Å². The molecule has 6 nitrogen and oxygen atoms in total. The van der Waals surface area contributed by atoms with E-state index in [1.54, 1.807) is 38.1 Å². The lowest BCUT2D eigenvalue weighted by atomic mass is 9.97. The number of rotatable bonds is 7. The van der Waals surface area contributed by atoms with Crippen LogP contribution in [-0.4, -0.2) is 26.0 Å². The van der Waals surface area contributed by atoms with Crippen LogP contribution in [0.2, 0.25) is 0 Å². The van der Waals surface area contributed by atoms with Crippen molar-refractivity contribution in [2.24, 2.45) is 11.8 Å². The van der Waals surface area contributed by atoms with E-state index in [0.29, 0.717) is 11.1 Å². The summed E-state index contributed by atoms with van der Waals surface area (Å²) >= 11 is 0. The third kappa shape index (κ3) is 5.17. The van der Waals surface area contributed by atoms with Gasteiger partial charge >= 0.3 is 5.97 Å². The van der Waals surface area contributed by atoms with E-state index < -0.39 is 21.9 Å². The van der Waals surface area contributed by atoms with Crippen molar-refractivity contribution in [3.05, 3.63) is 35.4 Å². The minimum absolute atomic E-state index is 0.163. The van der Waals surface area contributed by atoms with E-state index in [9.17, 15) is 13.2 Å². The Morgan fingerprint density at radius 2 is 2.00 bits per heavy atom. The predicted molar refractivity (Wildman–Crippen MR) is 77.7 cm³/mol. The zero-order valence-corrected chi connectivity index (χ0v) is 12.7. The fourth-order valence-electron chi connectivity index (χ4n) is 1.84. The first-order valence-electron chi connectivity index (χ1n) is 6.45. The zero-order valence-electron chi connectivity index (χ0n) is 11.9. The predicted octanol–water partition coefficient (Wildman–Crippen LogP) is 1.33. The number of nitrogens with zero attached hydrogens (tertiary/aromatic N) is 1. The Morgan fingerprint density at radius 1 is 1.38 bits per heavy atom. The molecular weight excluding hydrogens is 292 g/mol. The Hall–Kier alpha value is -1.91. The van der Waals surface area contributed by atoms with Crippen LogP contribution in [0.3, 0.4) is 0 Å². The van der Waals surface area contributed by atoms with Crippen LogP contribution in [-0.2, 0) is 20.6 Å². The number of hydrogen-bond acceptors (Lipinski definition) is 4. The first kappa shape index (κ1) is 17.1. The maximum absolute atomic E-state index is 12.0. The minimum atomic E-state index is -3.69. The van der Waals surface area contributed by atoms with E-state index in [4.69, 9.17) is 10.4 Å². The van der Waals surface area contributed by atoms with Gasteiger partial charge in [0.05, 0.1) is 23.3 Å². The van der Waals surface area contributed by atoms with Crippen molar-refractivity contribution in [1.29, 1.82) is 5.26 Å². The maximum atomic E-state index is 12.0. The molecule has 2 N–H and O–H groups in total. The third-order valence-corrected chi connectivity index (χ3v) is 4.43. The molecule has 1 unspecified atom stereocenters. The molecule has 0 amide bonds. The first-order chi connectivity index (χ1) is 9.76. The molecule has 1 atom stereocenters. The summed E-state index contributed by atoms with van der Waals surface area (Å²) < 4.78 is 26.3. The van der Waals surface area contributed by atoms with Crippen molar-refractivity contribution in [2.45, 2.75) is 19.6 Å². The minimum Gasteiger partial charge on any atom is -0.481 e. The lowest BCUT2D eigenvalue weighted by molar-refractivity contribution is -0.142.